The Hall–Kier alpha value is -3.08. The Morgan fingerprint density at radius 1 is 1.04 bits per heavy atom. The first-order chi connectivity index (χ1) is 11.3. The lowest BCUT2D eigenvalue weighted by Crippen LogP contribution is -2.13. The number of methoxy groups -OCH3 is 1. The van der Waals surface area contributed by atoms with Crippen LogP contribution in [0.25, 0.3) is 16.8 Å². The SMILES string of the molecule is COC(=O)COc1nn(-c2ccccc2)cc1-c1ccccc1. The summed E-state index contributed by atoms with van der Waals surface area (Å²) < 4.78 is 11.9. The summed E-state index contributed by atoms with van der Waals surface area (Å²) in [5.41, 5.74) is 2.70. The monoisotopic (exact) mass is 308 g/mol. The Morgan fingerprint density at radius 2 is 1.70 bits per heavy atom. The van der Waals surface area contributed by atoms with Crippen molar-refractivity contribution in [3.63, 3.8) is 0 Å². The number of para-hydroxylation sites is 1. The fourth-order valence-electron chi connectivity index (χ4n) is 2.18. The number of hydrogen-bond acceptors (Lipinski definition) is 4. The molecule has 1 heterocycles. The van der Waals surface area contributed by atoms with E-state index in [9.17, 15) is 4.79 Å². The Kier molecular flexibility index (Phi) is 4.38. The van der Waals surface area contributed by atoms with E-state index in [4.69, 9.17) is 4.74 Å². The minimum Gasteiger partial charge on any atom is -0.466 e. The second-order valence-corrected chi connectivity index (χ2v) is 4.86. The first kappa shape index (κ1) is 14.8. The smallest absolute Gasteiger partial charge is 0.343 e. The zero-order valence-electron chi connectivity index (χ0n) is 12.7. The third-order valence-electron chi connectivity index (χ3n) is 3.34. The second kappa shape index (κ2) is 6.79. The van der Waals surface area contributed by atoms with Crippen LogP contribution < -0.4 is 4.74 Å². The van der Waals surface area contributed by atoms with Crippen LogP contribution in [-0.2, 0) is 9.53 Å². The summed E-state index contributed by atoms with van der Waals surface area (Å²) in [5, 5.41) is 4.45. The van der Waals surface area contributed by atoms with Crippen molar-refractivity contribution in [1.29, 1.82) is 0 Å². The minimum atomic E-state index is -0.446. The molecule has 0 aliphatic carbocycles. The van der Waals surface area contributed by atoms with Crippen LogP contribution in [-0.4, -0.2) is 29.5 Å². The molecule has 0 aliphatic heterocycles. The van der Waals surface area contributed by atoms with Crippen LogP contribution in [0.3, 0.4) is 0 Å². The van der Waals surface area contributed by atoms with Gasteiger partial charge in [0.1, 0.15) is 0 Å². The standard InChI is InChI=1S/C18H16N2O3/c1-22-17(21)13-23-18-16(14-8-4-2-5-9-14)12-20(19-18)15-10-6-3-7-11-15/h2-12H,13H2,1H3. The van der Waals surface area contributed by atoms with Crippen molar-refractivity contribution >= 4 is 5.97 Å². The van der Waals surface area contributed by atoms with Crippen LogP contribution in [0.2, 0.25) is 0 Å². The predicted octanol–water partition coefficient (Wildman–Crippen LogP) is 3.09. The van der Waals surface area contributed by atoms with E-state index in [2.05, 4.69) is 9.84 Å². The van der Waals surface area contributed by atoms with Gasteiger partial charge < -0.3 is 9.47 Å². The third-order valence-corrected chi connectivity index (χ3v) is 3.34. The molecule has 0 amide bonds. The maximum absolute atomic E-state index is 11.3. The van der Waals surface area contributed by atoms with Gasteiger partial charge in [-0.25, -0.2) is 9.48 Å². The van der Waals surface area contributed by atoms with E-state index in [1.807, 2.05) is 66.9 Å². The van der Waals surface area contributed by atoms with E-state index >= 15 is 0 Å². The molecule has 0 spiro atoms. The molecule has 3 rings (SSSR count). The number of hydrogen-bond donors (Lipinski definition) is 0. The zero-order valence-corrected chi connectivity index (χ0v) is 12.7. The highest BCUT2D eigenvalue weighted by Crippen LogP contribution is 2.29. The molecule has 0 bridgehead atoms. The van der Waals surface area contributed by atoms with Gasteiger partial charge in [-0.3, -0.25) is 0 Å². The molecule has 23 heavy (non-hydrogen) atoms. The molecule has 0 fully saturated rings. The molecule has 5 heteroatoms. The van der Waals surface area contributed by atoms with Gasteiger partial charge in [-0.05, 0) is 17.7 Å². The summed E-state index contributed by atoms with van der Waals surface area (Å²) in [7, 11) is 1.33. The fourth-order valence-corrected chi connectivity index (χ4v) is 2.18. The number of benzene rings is 2. The van der Waals surface area contributed by atoms with Crippen molar-refractivity contribution in [3.05, 3.63) is 66.9 Å². The van der Waals surface area contributed by atoms with Gasteiger partial charge in [-0.15, -0.1) is 5.10 Å². The third kappa shape index (κ3) is 3.40. The van der Waals surface area contributed by atoms with Crippen molar-refractivity contribution in [2.45, 2.75) is 0 Å². The van der Waals surface area contributed by atoms with Gasteiger partial charge >= 0.3 is 5.97 Å². The zero-order chi connectivity index (χ0) is 16.1. The summed E-state index contributed by atoms with van der Waals surface area (Å²) in [6, 6.07) is 19.5. The number of ether oxygens (including phenoxy) is 2. The molecule has 0 radical (unpaired) electrons. The molecule has 0 saturated heterocycles. The normalized spacial score (nSPS) is 10.3. The number of nitrogens with zero attached hydrogens (tertiary/aromatic N) is 2. The van der Waals surface area contributed by atoms with Crippen LogP contribution in [0, 0.1) is 0 Å². The summed E-state index contributed by atoms with van der Waals surface area (Å²) >= 11 is 0. The lowest BCUT2D eigenvalue weighted by atomic mass is 10.1. The molecule has 116 valence electrons. The fraction of sp³-hybridized carbons (Fsp3) is 0.111. The van der Waals surface area contributed by atoms with Gasteiger partial charge in [0, 0.05) is 6.20 Å². The number of rotatable bonds is 5. The van der Waals surface area contributed by atoms with E-state index in [1.165, 1.54) is 7.11 Å². The predicted molar refractivity (Wildman–Crippen MR) is 86.5 cm³/mol. The van der Waals surface area contributed by atoms with Gasteiger partial charge in [0.05, 0.1) is 18.4 Å². The molecule has 0 unspecified atom stereocenters. The van der Waals surface area contributed by atoms with Crippen molar-refractivity contribution in [2.24, 2.45) is 0 Å². The molecule has 0 saturated carbocycles. The first-order valence-electron chi connectivity index (χ1n) is 7.18. The summed E-state index contributed by atoms with van der Waals surface area (Å²) in [6.07, 6.45) is 1.89. The first-order valence-corrected chi connectivity index (χ1v) is 7.18. The minimum absolute atomic E-state index is 0.178. The van der Waals surface area contributed by atoms with Crippen LogP contribution >= 0.6 is 0 Å². The van der Waals surface area contributed by atoms with E-state index in [-0.39, 0.29) is 6.61 Å². The maximum atomic E-state index is 11.3. The summed E-state index contributed by atoms with van der Waals surface area (Å²) in [6.45, 7) is -0.178. The lowest BCUT2D eigenvalue weighted by molar-refractivity contribution is -0.143. The summed E-state index contributed by atoms with van der Waals surface area (Å²) in [4.78, 5) is 11.3. The number of esters is 1. The van der Waals surface area contributed by atoms with Crippen molar-refractivity contribution in [2.75, 3.05) is 13.7 Å². The van der Waals surface area contributed by atoms with E-state index in [0.29, 0.717) is 5.88 Å². The Balaban J connectivity index is 1.98. The van der Waals surface area contributed by atoms with Crippen molar-refractivity contribution < 1.29 is 14.3 Å². The van der Waals surface area contributed by atoms with E-state index in [0.717, 1.165) is 16.8 Å². The average Bonchev–Trinajstić information content (AvgIpc) is 3.05. The molecule has 0 atom stereocenters. The van der Waals surface area contributed by atoms with Gasteiger partial charge in [-0.1, -0.05) is 48.5 Å². The van der Waals surface area contributed by atoms with Gasteiger partial charge in [0.2, 0.25) is 5.88 Å². The number of carbonyl (C=O) groups is 1. The molecule has 5 nitrogen and oxygen atoms in total. The van der Waals surface area contributed by atoms with E-state index in [1.54, 1.807) is 4.68 Å². The molecular formula is C18H16N2O3. The van der Waals surface area contributed by atoms with Gasteiger partial charge in [-0.2, -0.15) is 0 Å². The molecular weight excluding hydrogens is 292 g/mol. The average molecular weight is 308 g/mol. The highest BCUT2D eigenvalue weighted by atomic mass is 16.6. The molecule has 2 aromatic carbocycles. The van der Waals surface area contributed by atoms with Crippen LogP contribution in [0.1, 0.15) is 0 Å². The quantitative estimate of drug-likeness (QED) is 0.680. The number of aromatic nitrogens is 2. The van der Waals surface area contributed by atoms with Crippen LogP contribution in [0.15, 0.2) is 66.9 Å². The van der Waals surface area contributed by atoms with Gasteiger partial charge in [0.25, 0.3) is 0 Å². The molecule has 0 N–H and O–H groups in total. The largest absolute Gasteiger partial charge is 0.466 e. The van der Waals surface area contributed by atoms with Crippen LogP contribution in [0.4, 0.5) is 0 Å². The molecule has 1 aromatic heterocycles. The second-order valence-electron chi connectivity index (χ2n) is 4.86. The highest BCUT2D eigenvalue weighted by Gasteiger charge is 2.14. The van der Waals surface area contributed by atoms with Crippen LogP contribution in [0.5, 0.6) is 5.88 Å². The molecule has 0 aliphatic rings. The lowest BCUT2D eigenvalue weighted by Gasteiger charge is -2.04. The van der Waals surface area contributed by atoms with Crippen molar-refractivity contribution in [1.82, 2.24) is 9.78 Å². The maximum Gasteiger partial charge on any atom is 0.343 e. The summed E-state index contributed by atoms with van der Waals surface area (Å²) in [5.74, 6) is -0.0521. The molecule has 3 aromatic rings. The Morgan fingerprint density at radius 3 is 2.35 bits per heavy atom. The Labute approximate surface area is 134 Å². The van der Waals surface area contributed by atoms with E-state index < -0.39 is 5.97 Å². The Bertz CT molecular complexity index is 783. The topological polar surface area (TPSA) is 53.4 Å². The van der Waals surface area contributed by atoms with Crippen molar-refractivity contribution in [3.8, 4) is 22.7 Å². The number of carbonyl (C=O) groups excluding carboxylic acids is 1. The highest BCUT2D eigenvalue weighted by molar-refractivity contribution is 5.72. The van der Waals surface area contributed by atoms with Gasteiger partial charge in [0.15, 0.2) is 6.61 Å².